The fraction of sp³-hybridized carbons (Fsp3) is 0.455. The molecule has 90 valence electrons. The number of hydrogen-bond acceptors (Lipinski definition) is 3. The summed E-state index contributed by atoms with van der Waals surface area (Å²) < 4.78 is 16.0. The normalized spacial score (nSPS) is 11.8. The van der Waals surface area contributed by atoms with Crippen molar-refractivity contribution in [3.8, 4) is 0 Å². The molecule has 0 spiro atoms. The van der Waals surface area contributed by atoms with Gasteiger partial charge in [0.05, 0.1) is 0 Å². The predicted octanol–water partition coefficient (Wildman–Crippen LogP) is 2.76. The number of halogens is 1. The monoisotopic (exact) mass is 260 g/mol. The maximum atomic E-state index is 5.91. The van der Waals surface area contributed by atoms with Gasteiger partial charge in [-0.2, -0.15) is 0 Å². The highest BCUT2D eigenvalue weighted by atomic mass is 35.5. The Balaban J connectivity index is 2.62. The predicted molar refractivity (Wildman–Crippen MR) is 66.7 cm³/mol. The molecule has 1 aromatic rings. The summed E-state index contributed by atoms with van der Waals surface area (Å²) in [6, 6.07) is 8.52. The molecule has 0 saturated carbocycles. The van der Waals surface area contributed by atoms with Crippen LogP contribution in [0.1, 0.15) is 5.56 Å². The van der Waals surface area contributed by atoms with Gasteiger partial charge in [-0.25, -0.2) is 0 Å². The van der Waals surface area contributed by atoms with E-state index in [9.17, 15) is 0 Å². The van der Waals surface area contributed by atoms with Crippen LogP contribution in [0, 0.1) is 0 Å². The largest absolute Gasteiger partial charge is 0.500 e. The quantitative estimate of drug-likeness (QED) is 0.736. The van der Waals surface area contributed by atoms with Gasteiger partial charge in [0.25, 0.3) is 0 Å². The fourth-order valence-electron chi connectivity index (χ4n) is 1.55. The van der Waals surface area contributed by atoms with E-state index in [1.165, 1.54) is 0 Å². The van der Waals surface area contributed by atoms with E-state index in [1.807, 2.05) is 24.3 Å². The summed E-state index contributed by atoms with van der Waals surface area (Å²) in [5.41, 5.74) is 1.16. The van der Waals surface area contributed by atoms with Crippen molar-refractivity contribution in [2.24, 2.45) is 0 Å². The van der Waals surface area contributed by atoms with E-state index in [0.717, 1.165) is 23.1 Å². The van der Waals surface area contributed by atoms with E-state index in [2.05, 4.69) is 0 Å². The van der Waals surface area contributed by atoms with E-state index in [4.69, 9.17) is 24.9 Å². The summed E-state index contributed by atoms with van der Waals surface area (Å²) in [7, 11) is 2.41. The van der Waals surface area contributed by atoms with Crippen molar-refractivity contribution in [1.82, 2.24) is 0 Å². The van der Waals surface area contributed by atoms with Crippen LogP contribution in [-0.4, -0.2) is 30.1 Å². The molecule has 0 fully saturated rings. The van der Waals surface area contributed by atoms with Crippen LogP contribution in [0.15, 0.2) is 24.3 Å². The highest BCUT2D eigenvalue weighted by Crippen LogP contribution is 2.18. The van der Waals surface area contributed by atoms with Crippen molar-refractivity contribution in [2.45, 2.75) is 12.5 Å². The van der Waals surface area contributed by atoms with Gasteiger partial charge in [-0.1, -0.05) is 23.7 Å². The zero-order chi connectivity index (χ0) is 12.0. The second kappa shape index (κ2) is 6.37. The average Bonchev–Trinajstić information content (AvgIpc) is 2.32. The van der Waals surface area contributed by atoms with Gasteiger partial charge in [-0.15, -0.1) is 0 Å². The lowest BCUT2D eigenvalue weighted by atomic mass is 10.2. The van der Waals surface area contributed by atoms with E-state index in [1.54, 1.807) is 21.3 Å². The van der Waals surface area contributed by atoms with Gasteiger partial charge in [0.15, 0.2) is 0 Å². The van der Waals surface area contributed by atoms with Crippen molar-refractivity contribution in [3.05, 3.63) is 34.9 Å². The van der Waals surface area contributed by atoms with Crippen molar-refractivity contribution in [1.29, 1.82) is 0 Å². The minimum Gasteiger partial charge on any atom is -0.377 e. The Labute approximate surface area is 103 Å². The van der Waals surface area contributed by atoms with Gasteiger partial charge >= 0.3 is 8.80 Å². The molecule has 0 aromatic heterocycles. The fourth-order valence-corrected chi connectivity index (χ4v) is 3.47. The molecule has 0 aliphatic heterocycles. The van der Waals surface area contributed by atoms with E-state index in [-0.39, 0.29) is 0 Å². The molecule has 0 radical (unpaired) electrons. The smallest absolute Gasteiger partial charge is 0.377 e. The molecule has 0 amide bonds. The summed E-state index contributed by atoms with van der Waals surface area (Å²) in [4.78, 5) is 0. The molecular weight excluding hydrogens is 244 g/mol. The third-order valence-corrected chi connectivity index (χ3v) is 5.51. The first kappa shape index (κ1) is 13.7. The number of aryl methyl sites for hydroxylation is 1. The third-order valence-electron chi connectivity index (χ3n) is 2.54. The number of benzene rings is 1. The van der Waals surface area contributed by atoms with Crippen LogP contribution in [0.4, 0.5) is 0 Å². The van der Waals surface area contributed by atoms with Crippen LogP contribution in [-0.2, 0) is 19.7 Å². The van der Waals surface area contributed by atoms with E-state index in [0.29, 0.717) is 0 Å². The Morgan fingerprint density at radius 3 is 2.25 bits per heavy atom. The van der Waals surface area contributed by atoms with Crippen molar-refractivity contribution < 1.29 is 13.3 Å². The molecule has 0 aliphatic rings. The Morgan fingerprint density at radius 2 is 1.75 bits per heavy atom. The lowest BCUT2D eigenvalue weighted by Gasteiger charge is -2.24. The molecule has 0 unspecified atom stereocenters. The van der Waals surface area contributed by atoms with Crippen LogP contribution < -0.4 is 0 Å². The van der Waals surface area contributed by atoms with Gasteiger partial charge in [0.2, 0.25) is 0 Å². The Kier molecular flexibility index (Phi) is 5.44. The van der Waals surface area contributed by atoms with Crippen molar-refractivity contribution >= 4 is 20.4 Å². The summed E-state index contributed by atoms with van der Waals surface area (Å²) >= 11 is 5.91. The minimum absolute atomic E-state index is 0.747. The zero-order valence-electron chi connectivity index (χ0n) is 9.83. The Hall–Kier alpha value is -0.393. The topological polar surface area (TPSA) is 27.7 Å². The summed E-state index contributed by atoms with van der Waals surface area (Å²) in [5, 5.41) is 0.747. The highest BCUT2D eigenvalue weighted by Gasteiger charge is 2.37. The van der Waals surface area contributed by atoms with Gasteiger partial charge in [-0.05, 0) is 24.1 Å². The third kappa shape index (κ3) is 3.57. The van der Waals surface area contributed by atoms with Gasteiger partial charge in [0.1, 0.15) is 0 Å². The summed E-state index contributed by atoms with van der Waals surface area (Å²) in [5.74, 6) is 0. The second-order valence-electron chi connectivity index (χ2n) is 3.43. The molecular formula is C11H17ClO3Si. The van der Waals surface area contributed by atoms with Gasteiger partial charge < -0.3 is 13.3 Å². The molecule has 5 heteroatoms. The molecule has 0 N–H and O–H groups in total. The minimum atomic E-state index is -2.46. The molecule has 0 bridgehead atoms. The molecule has 0 aliphatic carbocycles. The summed E-state index contributed by atoms with van der Waals surface area (Å²) in [6.07, 6.45) is 0.836. The van der Waals surface area contributed by atoms with Crippen molar-refractivity contribution in [2.75, 3.05) is 21.3 Å². The zero-order valence-corrected chi connectivity index (χ0v) is 11.6. The first-order chi connectivity index (χ1) is 7.65. The lowest BCUT2D eigenvalue weighted by Crippen LogP contribution is -2.43. The molecule has 1 aromatic carbocycles. The lowest BCUT2D eigenvalue weighted by molar-refractivity contribution is 0.123. The molecule has 0 heterocycles. The van der Waals surface area contributed by atoms with Crippen LogP contribution >= 0.6 is 11.6 Å². The van der Waals surface area contributed by atoms with Crippen LogP contribution in [0.5, 0.6) is 0 Å². The number of rotatable bonds is 6. The first-order valence-corrected chi connectivity index (χ1v) is 7.36. The maximum absolute atomic E-state index is 5.91. The first-order valence-electron chi connectivity index (χ1n) is 5.05. The molecule has 3 nitrogen and oxygen atoms in total. The molecule has 1 rings (SSSR count). The van der Waals surface area contributed by atoms with Gasteiger partial charge in [0, 0.05) is 32.4 Å². The van der Waals surface area contributed by atoms with E-state index < -0.39 is 8.80 Å². The number of hydrogen-bond donors (Lipinski definition) is 0. The van der Waals surface area contributed by atoms with Crippen LogP contribution in [0.2, 0.25) is 11.1 Å². The van der Waals surface area contributed by atoms with Crippen LogP contribution in [0.25, 0.3) is 0 Å². The second-order valence-corrected chi connectivity index (χ2v) is 6.95. The van der Waals surface area contributed by atoms with Gasteiger partial charge in [-0.3, -0.25) is 0 Å². The molecule has 0 saturated heterocycles. The molecule has 0 atom stereocenters. The Bertz CT molecular complexity index is 320. The van der Waals surface area contributed by atoms with E-state index >= 15 is 0 Å². The standard InChI is InChI=1S/C11H17ClO3Si/c1-13-16(14-2,15-3)8-7-10-5-4-6-11(12)9-10/h4-6,9H,7-8H2,1-3H3. The van der Waals surface area contributed by atoms with Crippen molar-refractivity contribution in [3.63, 3.8) is 0 Å². The van der Waals surface area contributed by atoms with Crippen LogP contribution in [0.3, 0.4) is 0 Å². The Morgan fingerprint density at radius 1 is 1.12 bits per heavy atom. The SMILES string of the molecule is CO[Si](CCc1cccc(Cl)c1)(OC)OC. The maximum Gasteiger partial charge on any atom is 0.500 e. The molecule has 16 heavy (non-hydrogen) atoms. The summed E-state index contributed by atoms with van der Waals surface area (Å²) in [6.45, 7) is 0. The highest BCUT2D eigenvalue weighted by molar-refractivity contribution is 6.60. The average molecular weight is 261 g/mol.